The highest BCUT2D eigenvalue weighted by atomic mass is 16.3. The zero-order chi connectivity index (χ0) is 14.4. The van der Waals surface area contributed by atoms with Crippen molar-refractivity contribution < 1.29 is 9.21 Å². The van der Waals surface area contributed by atoms with Gasteiger partial charge in [0.2, 0.25) is 5.78 Å². The topological polar surface area (TPSA) is 33.5 Å². The van der Waals surface area contributed by atoms with Crippen molar-refractivity contribution in [3.63, 3.8) is 0 Å². The Hall–Kier alpha value is -2.29. The summed E-state index contributed by atoms with van der Waals surface area (Å²) in [5, 5.41) is 0. The average Bonchev–Trinajstić information content (AvgIpc) is 3.01. The molecule has 1 aromatic heterocycles. The Balaban J connectivity index is 2.05. The Kier molecular flexibility index (Phi) is 4.77. The Morgan fingerprint density at radius 3 is 2.40 bits per heavy atom. The van der Waals surface area contributed by atoms with Crippen LogP contribution in [-0.4, -0.2) is 18.9 Å². The lowest BCUT2D eigenvalue weighted by Gasteiger charge is -2.20. The van der Waals surface area contributed by atoms with Crippen LogP contribution in [0.15, 0.2) is 53.2 Å². The van der Waals surface area contributed by atoms with E-state index < -0.39 is 0 Å². The second-order valence-electron chi connectivity index (χ2n) is 4.44. The molecule has 3 heteroatoms. The minimum absolute atomic E-state index is 0.122. The van der Waals surface area contributed by atoms with Crippen LogP contribution in [0.3, 0.4) is 0 Å². The van der Waals surface area contributed by atoms with Gasteiger partial charge in [0, 0.05) is 18.8 Å². The molecule has 104 valence electrons. The van der Waals surface area contributed by atoms with Crippen LogP contribution in [0.4, 0.5) is 5.69 Å². The van der Waals surface area contributed by atoms with Gasteiger partial charge in [0.15, 0.2) is 5.76 Å². The minimum atomic E-state index is -0.122. The number of hydrogen-bond donors (Lipinski definition) is 0. The van der Waals surface area contributed by atoms with Gasteiger partial charge in [0.05, 0.1) is 6.26 Å². The molecule has 0 aliphatic heterocycles. The van der Waals surface area contributed by atoms with Crippen LogP contribution in [0.1, 0.15) is 30.0 Å². The van der Waals surface area contributed by atoms with Crippen molar-refractivity contribution in [2.75, 3.05) is 18.0 Å². The van der Waals surface area contributed by atoms with Gasteiger partial charge in [-0.1, -0.05) is 18.2 Å². The van der Waals surface area contributed by atoms with Gasteiger partial charge in [-0.3, -0.25) is 4.79 Å². The van der Waals surface area contributed by atoms with Crippen LogP contribution in [0, 0.1) is 0 Å². The fourth-order valence-corrected chi connectivity index (χ4v) is 2.06. The summed E-state index contributed by atoms with van der Waals surface area (Å²) in [4.78, 5) is 14.0. The molecule has 0 aliphatic rings. The third-order valence-corrected chi connectivity index (χ3v) is 3.21. The number of nitrogens with zero attached hydrogens (tertiary/aromatic N) is 1. The molecule has 2 aromatic rings. The smallest absolute Gasteiger partial charge is 0.221 e. The third-order valence-electron chi connectivity index (χ3n) is 3.21. The van der Waals surface area contributed by atoms with Gasteiger partial charge < -0.3 is 9.32 Å². The summed E-state index contributed by atoms with van der Waals surface area (Å²) in [6, 6.07) is 11.5. The number of rotatable bonds is 6. The lowest BCUT2D eigenvalue weighted by Crippen LogP contribution is -2.21. The highest BCUT2D eigenvalue weighted by molar-refractivity contribution is 6.04. The van der Waals surface area contributed by atoms with Crippen LogP contribution in [0.25, 0.3) is 6.08 Å². The molecule has 0 unspecified atom stereocenters. The highest BCUT2D eigenvalue weighted by Gasteiger charge is 2.04. The highest BCUT2D eigenvalue weighted by Crippen LogP contribution is 2.16. The van der Waals surface area contributed by atoms with Gasteiger partial charge in [0.25, 0.3) is 0 Å². The van der Waals surface area contributed by atoms with E-state index in [0.29, 0.717) is 5.76 Å². The zero-order valence-electron chi connectivity index (χ0n) is 11.9. The zero-order valence-corrected chi connectivity index (χ0v) is 11.9. The number of carbonyl (C=O) groups excluding carboxylic acids is 1. The molecule has 0 amide bonds. The molecule has 0 bridgehead atoms. The molecule has 20 heavy (non-hydrogen) atoms. The summed E-state index contributed by atoms with van der Waals surface area (Å²) >= 11 is 0. The van der Waals surface area contributed by atoms with Gasteiger partial charge in [-0.25, -0.2) is 0 Å². The summed E-state index contributed by atoms with van der Waals surface area (Å²) in [5.41, 5.74) is 2.20. The molecule has 0 atom stereocenters. The number of benzene rings is 1. The monoisotopic (exact) mass is 269 g/mol. The Labute approximate surface area is 119 Å². The SMILES string of the molecule is CCN(CC)c1ccc(/C=C/C(=O)c2ccco2)cc1. The first-order valence-corrected chi connectivity index (χ1v) is 6.85. The Bertz CT molecular complexity index is 564. The van der Waals surface area contributed by atoms with Crippen molar-refractivity contribution in [3.8, 4) is 0 Å². The number of allylic oxidation sites excluding steroid dienone is 1. The van der Waals surface area contributed by atoms with E-state index in [4.69, 9.17) is 4.42 Å². The number of carbonyl (C=O) groups is 1. The minimum Gasteiger partial charge on any atom is -0.461 e. The molecule has 1 aromatic carbocycles. The van der Waals surface area contributed by atoms with E-state index in [2.05, 4.69) is 30.9 Å². The number of furan rings is 1. The van der Waals surface area contributed by atoms with E-state index in [-0.39, 0.29) is 5.78 Å². The maximum atomic E-state index is 11.8. The van der Waals surface area contributed by atoms with Crippen LogP contribution in [-0.2, 0) is 0 Å². The Morgan fingerprint density at radius 1 is 1.15 bits per heavy atom. The van der Waals surface area contributed by atoms with Gasteiger partial charge in [0.1, 0.15) is 0 Å². The van der Waals surface area contributed by atoms with E-state index >= 15 is 0 Å². The quantitative estimate of drug-likeness (QED) is 0.586. The van der Waals surface area contributed by atoms with Crippen molar-refractivity contribution in [2.24, 2.45) is 0 Å². The van der Waals surface area contributed by atoms with Gasteiger partial charge in [-0.2, -0.15) is 0 Å². The Morgan fingerprint density at radius 2 is 1.85 bits per heavy atom. The largest absolute Gasteiger partial charge is 0.461 e. The predicted molar refractivity (Wildman–Crippen MR) is 82.1 cm³/mol. The summed E-state index contributed by atoms with van der Waals surface area (Å²) in [7, 11) is 0. The number of anilines is 1. The molecular formula is C17H19NO2. The number of hydrogen-bond acceptors (Lipinski definition) is 3. The van der Waals surface area contributed by atoms with Crippen molar-refractivity contribution in [1.29, 1.82) is 0 Å². The molecule has 1 heterocycles. The van der Waals surface area contributed by atoms with E-state index in [1.165, 1.54) is 18.0 Å². The summed E-state index contributed by atoms with van der Waals surface area (Å²) in [5.74, 6) is 0.240. The molecule has 0 aliphatic carbocycles. The van der Waals surface area contributed by atoms with Crippen LogP contribution in [0.2, 0.25) is 0 Å². The van der Waals surface area contributed by atoms with Crippen molar-refractivity contribution in [3.05, 3.63) is 60.1 Å². The maximum Gasteiger partial charge on any atom is 0.221 e. The lowest BCUT2D eigenvalue weighted by atomic mass is 10.1. The molecule has 0 saturated heterocycles. The van der Waals surface area contributed by atoms with Crippen LogP contribution in [0.5, 0.6) is 0 Å². The van der Waals surface area contributed by atoms with Crippen molar-refractivity contribution >= 4 is 17.5 Å². The van der Waals surface area contributed by atoms with E-state index in [9.17, 15) is 4.79 Å². The predicted octanol–water partition coefficient (Wildman–Crippen LogP) is 4.02. The molecule has 0 N–H and O–H groups in total. The molecule has 0 radical (unpaired) electrons. The molecule has 0 fully saturated rings. The number of ketones is 1. The lowest BCUT2D eigenvalue weighted by molar-refractivity contribution is 0.102. The molecular weight excluding hydrogens is 250 g/mol. The summed E-state index contributed by atoms with van der Waals surface area (Å²) in [6.45, 7) is 6.25. The van der Waals surface area contributed by atoms with Crippen molar-refractivity contribution in [2.45, 2.75) is 13.8 Å². The van der Waals surface area contributed by atoms with Gasteiger partial charge in [-0.05, 0) is 49.8 Å². The average molecular weight is 269 g/mol. The van der Waals surface area contributed by atoms with E-state index in [1.54, 1.807) is 18.2 Å². The fraction of sp³-hybridized carbons (Fsp3) is 0.235. The van der Waals surface area contributed by atoms with Crippen molar-refractivity contribution in [1.82, 2.24) is 0 Å². The van der Waals surface area contributed by atoms with Gasteiger partial charge in [-0.15, -0.1) is 0 Å². The van der Waals surface area contributed by atoms with E-state index in [1.807, 2.05) is 12.1 Å². The maximum absolute atomic E-state index is 11.8. The second kappa shape index (κ2) is 6.75. The fourth-order valence-electron chi connectivity index (χ4n) is 2.06. The molecule has 0 saturated carbocycles. The summed E-state index contributed by atoms with van der Waals surface area (Å²) < 4.78 is 5.06. The van der Waals surface area contributed by atoms with Crippen LogP contribution < -0.4 is 4.90 Å². The molecule has 0 spiro atoms. The first kappa shape index (κ1) is 14.1. The van der Waals surface area contributed by atoms with Gasteiger partial charge >= 0.3 is 0 Å². The standard InChI is InChI=1S/C17H19NO2/c1-3-18(4-2)15-10-7-14(8-11-15)9-12-16(19)17-6-5-13-20-17/h5-13H,3-4H2,1-2H3/b12-9+. The third kappa shape index (κ3) is 3.38. The summed E-state index contributed by atoms with van der Waals surface area (Å²) in [6.07, 6.45) is 4.84. The first-order valence-electron chi connectivity index (χ1n) is 6.85. The first-order chi connectivity index (χ1) is 9.74. The molecule has 3 nitrogen and oxygen atoms in total. The normalized spacial score (nSPS) is 10.9. The van der Waals surface area contributed by atoms with Crippen LogP contribution >= 0.6 is 0 Å². The van der Waals surface area contributed by atoms with E-state index in [0.717, 1.165) is 18.7 Å². The molecule has 2 rings (SSSR count). The second-order valence-corrected chi connectivity index (χ2v) is 4.44.